The van der Waals surface area contributed by atoms with Gasteiger partial charge in [-0.05, 0) is 57.5 Å². The standard InChI is InChI=1S/C12H19ClN2O3/c1-12(2,3)18-11(16)15-8(6-7-14)9-4-5-10(13)17-9/h4-5,8H,6-7,14H2,1-3H3,(H,15,16). The number of nitrogens with two attached hydrogens (primary N) is 1. The topological polar surface area (TPSA) is 77.5 Å². The second-order valence-corrected chi connectivity index (χ2v) is 5.29. The van der Waals surface area contributed by atoms with Crippen molar-refractivity contribution in [2.75, 3.05) is 6.54 Å². The summed E-state index contributed by atoms with van der Waals surface area (Å²) >= 11 is 5.71. The molecule has 0 aromatic carbocycles. The third-order valence-electron chi connectivity index (χ3n) is 2.08. The Bertz CT molecular complexity index is 398. The van der Waals surface area contributed by atoms with Crippen LogP contribution < -0.4 is 11.1 Å². The van der Waals surface area contributed by atoms with Gasteiger partial charge < -0.3 is 20.2 Å². The number of amides is 1. The van der Waals surface area contributed by atoms with Gasteiger partial charge in [-0.15, -0.1) is 0 Å². The zero-order chi connectivity index (χ0) is 13.8. The highest BCUT2D eigenvalue weighted by molar-refractivity contribution is 6.28. The molecule has 0 radical (unpaired) electrons. The largest absolute Gasteiger partial charge is 0.448 e. The van der Waals surface area contributed by atoms with Gasteiger partial charge in [-0.2, -0.15) is 0 Å². The third-order valence-corrected chi connectivity index (χ3v) is 2.29. The van der Waals surface area contributed by atoms with Crippen molar-refractivity contribution in [3.05, 3.63) is 23.1 Å². The molecular weight excluding hydrogens is 256 g/mol. The maximum absolute atomic E-state index is 11.7. The summed E-state index contributed by atoms with van der Waals surface area (Å²) in [5.41, 5.74) is 4.97. The number of carbonyl (C=O) groups excluding carboxylic acids is 1. The van der Waals surface area contributed by atoms with E-state index in [2.05, 4.69) is 5.32 Å². The fraction of sp³-hybridized carbons (Fsp3) is 0.583. The highest BCUT2D eigenvalue weighted by Gasteiger charge is 2.22. The summed E-state index contributed by atoms with van der Waals surface area (Å²) in [5.74, 6) is 0.566. The first-order chi connectivity index (χ1) is 8.31. The molecule has 0 saturated heterocycles. The van der Waals surface area contributed by atoms with E-state index in [1.807, 2.05) is 0 Å². The average molecular weight is 275 g/mol. The predicted molar refractivity (Wildman–Crippen MR) is 69.5 cm³/mol. The van der Waals surface area contributed by atoms with Crippen molar-refractivity contribution < 1.29 is 13.9 Å². The van der Waals surface area contributed by atoms with Crippen molar-refractivity contribution in [3.8, 4) is 0 Å². The minimum atomic E-state index is -0.543. The molecule has 5 nitrogen and oxygen atoms in total. The smallest absolute Gasteiger partial charge is 0.408 e. The molecule has 1 aromatic rings. The molecule has 0 aliphatic carbocycles. The van der Waals surface area contributed by atoms with Gasteiger partial charge in [0.25, 0.3) is 0 Å². The number of hydrogen-bond donors (Lipinski definition) is 2. The molecule has 0 fully saturated rings. The molecule has 18 heavy (non-hydrogen) atoms. The van der Waals surface area contributed by atoms with Crippen LogP contribution >= 0.6 is 11.6 Å². The Kier molecular flexibility index (Phi) is 5.04. The van der Waals surface area contributed by atoms with E-state index in [-0.39, 0.29) is 11.3 Å². The summed E-state index contributed by atoms with van der Waals surface area (Å²) < 4.78 is 10.4. The van der Waals surface area contributed by atoms with Crippen molar-refractivity contribution in [1.82, 2.24) is 5.32 Å². The first-order valence-corrected chi connectivity index (χ1v) is 6.14. The average Bonchev–Trinajstić information content (AvgIpc) is 2.61. The first-order valence-electron chi connectivity index (χ1n) is 5.76. The van der Waals surface area contributed by atoms with Crippen LogP contribution in [0.5, 0.6) is 0 Å². The molecule has 0 aliphatic rings. The molecule has 3 N–H and O–H groups in total. The molecule has 0 saturated carbocycles. The Morgan fingerprint density at radius 3 is 2.67 bits per heavy atom. The maximum atomic E-state index is 11.7. The summed E-state index contributed by atoms with van der Waals surface area (Å²) in [5, 5.41) is 2.99. The van der Waals surface area contributed by atoms with E-state index in [9.17, 15) is 4.79 Å². The van der Waals surface area contributed by atoms with Crippen LogP contribution in [0.3, 0.4) is 0 Å². The zero-order valence-corrected chi connectivity index (χ0v) is 11.6. The molecule has 1 amide bonds. The Morgan fingerprint density at radius 1 is 1.56 bits per heavy atom. The van der Waals surface area contributed by atoms with Crippen LogP contribution in [-0.2, 0) is 4.74 Å². The minimum Gasteiger partial charge on any atom is -0.448 e. The molecule has 0 aliphatic heterocycles. The molecule has 102 valence electrons. The summed E-state index contributed by atoms with van der Waals surface area (Å²) in [6.45, 7) is 5.82. The van der Waals surface area contributed by atoms with Gasteiger partial charge in [0.15, 0.2) is 5.22 Å². The number of furan rings is 1. The first kappa shape index (κ1) is 14.9. The Labute approximate surface area is 112 Å². The monoisotopic (exact) mass is 274 g/mol. The number of alkyl carbamates (subject to hydrolysis) is 1. The zero-order valence-electron chi connectivity index (χ0n) is 10.8. The van der Waals surface area contributed by atoms with Crippen LogP contribution in [0.15, 0.2) is 16.5 Å². The highest BCUT2D eigenvalue weighted by Crippen LogP contribution is 2.22. The molecule has 1 heterocycles. The van der Waals surface area contributed by atoms with Crippen molar-refractivity contribution in [2.24, 2.45) is 5.73 Å². The van der Waals surface area contributed by atoms with Crippen molar-refractivity contribution in [2.45, 2.75) is 38.8 Å². The SMILES string of the molecule is CC(C)(C)OC(=O)NC(CCN)c1ccc(Cl)o1. The van der Waals surface area contributed by atoms with Crippen LogP contribution in [0.25, 0.3) is 0 Å². The lowest BCUT2D eigenvalue weighted by atomic mass is 10.1. The van der Waals surface area contributed by atoms with Crippen LogP contribution in [-0.4, -0.2) is 18.2 Å². The molecular formula is C12H19ClN2O3. The summed E-state index contributed by atoms with van der Waals surface area (Å²) in [4.78, 5) is 11.7. The lowest BCUT2D eigenvalue weighted by molar-refractivity contribution is 0.0495. The van der Waals surface area contributed by atoms with E-state index in [1.165, 1.54) is 0 Å². The third kappa shape index (κ3) is 4.98. The number of carbonyl (C=O) groups is 1. The van der Waals surface area contributed by atoms with Gasteiger partial charge in [0, 0.05) is 0 Å². The van der Waals surface area contributed by atoms with E-state index in [0.717, 1.165) is 0 Å². The molecule has 6 heteroatoms. The van der Waals surface area contributed by atoms with E-state index in [0.29, 0.717) is 18.7 Å². The van der Waals surface area contributed by atoms with Gasteiger partial charge in [0.05, 0.1) is 6.04 Å². The fourth-order valence-corrected chi connectivity index (χ4v) is 1.57. The minimum absolute atomic E-state index is 0.276. The second kappa shape index (κ2) is 6.11. The lowest BCUT2D eigenvalue weighted by Gasteiger charge is -2.22. The van der Waals surface area contributed by atoms with Gasteiger partial charge >= 0.3 is 6.09 Å². The molecule has 1 unspecified atom stereocenters. The Hall–Kier alpha value is -1.20. The number of rotatable bonds is 4. The molecule has 1 atom stereocenters. The van der Waals surface area contributed by atoms with Gasteiger partial charge in [-0.25, -0.2) is 4.79 Å². The number of halogens is 1. The van der Waals surface area contributed by atoms with Crippen molar-refractivity contribution in [3.63, 3.8) is 0 Å². The van der Waals surface area contributed by atoms with Crippen LogP contribution in [0.4, 0.5) is 4.79 Å². The van der Waals surface area contributed by atoms with Gasteiger partial charge in [-0.3, -0.25) is 0 Å². The van der Waals surface area contributed by atoms with Crippen LogP contribution in [0, 0.1) is 0 Å². The van der Waals surface area contributed by atoms with E-state index >= 15 is 0 Å². The van der Waals surface area contributed by atoms with Gasteiger partial charge in [0.1, 0.15) is 11.4 Å². The Balaban J connectivity index is 2.66. The molecule has 0 bridgehead atoms. The molecule has 1 aromatic heterocycles. The van der Waals surface area contributed by atoms with E-state index in [4.69, 9.17) is 26.5 Å². The number of ether oxygens (including phenoxy) is 1. The quantitative estimate of drug-likeness (QED) is 0.885. The second-order valence-electron chi connectivity index (χ2n) is 4.92. The fourth-order valence-electron chi connectivity index (χ4n) is 1.42. The van der Waals surface area contributed by atoms with Gasteiger partial charge in [0.2, 0.25) is 0 Å². The van der Waals surface area contributed by atoms with Crippen molar-refractivity contribution in [1.29, 1.82) is 0 Å². The number of nitrogens with one attached hydrogen (secondary N) is 1. The van der Waals surface area contributed by atoms with Crippen LogP contribution in [0.1, 0.15) is 39.0 Å². The summed E-state index contributed by atoms with van der Waals surface area (Å²) in [7, 11) is 0. The van der Waals surface area contributed by atoms with E-state index < -0.39 is 11.7 Å². The molecule has 1 rings (SSSR count). The van der Waals surface area contributed by atoms with Crippen molar-refractivity contribution >= 4 is 17.7 Å². The summed E-state index contributed by atoms with van der Waals surface area (Å²) in [6, 6.07) is 2.99. The predicted octanol–water partition coefficient (Wildman–Crippen LogP) is 2.85. The number of hydrogen-bond acceptors (Lipinski definition) is 4. The van der Waals surface area contributed by atoms with Gasteiger partial charge in [-0.1, -0.05) is 0 Å². The Morgan fingerprint density at radius 2 is 2.22 bits per heavy atom. The molecule has 0 spiro atoms. The normalized spacial score (nSPS) is 13.2. The lowest BCUT2D eigenvalue weighted by Crippen LogP contribution is -2.35. The highest BCUT2D eigenvalue weighted by atomic mass is 35.5. The summed E-state index contributed by atoms with van der Waals surface area (Å²) in [6.07, 6.45) is 0.0387. The maximum Gasteiger partial charge on any atom is 0.408 e. The van der Waals surface area contributed by atoms with E-state index in [1.54, 1.807) is 32.9 Å². The van der Waals surface area contributed by atoms with Crippen LogP contribution in [0.2, 0.25) is 5.22 Å².